The minimum atomic E-state index is 0.269. The lowest BCUT2D eigenvalue weighted by molar-refractivity contribution is 0.628. The van der Waals surface area contributed by atoms with Gasteiger partial charge in [0, 0.05) is 13.0 Å². The number of aromatic nitrogens is 3. The van der Waals surface area contributed by atoms with Gasteiger partial charge in [-0.2, -0.15) is 10.4 Å². The fraction of sp³-hybridized carbons (Fsp3) is 0.412. The lowest BCUT2D eigenvalue weighted by atomic mass is 10.1. The van der Waals surface area contributed by atoms with Gasteiger partial charge in [-0.05, 0) is 38.3 Å². The van der Waals surface area contributed by atoms with Gasteiger partial charge < -0.3 is 4.57 Å². The smallest absolute Gasteiger partial charge is 0.205 e. The Bertz CT molecular complexity index is 781. The first kappa shape index (κ1) is 15.2. The van der Waals surface area contributed by atoms with Gasteiger partial charge in [0.15, 0.2) is 5.82 Å². The van der Waals surface area contributed by atoms with Crippen molar-refractivity contribution in [1.29, 1.82) is 5.26 Å². The Morgan fingerprint density at radius 1 is 1.26 bits per heavy atom. The predicted octanol–water partition coefficient (Wildman–Crippen LogP) is 2.96. The fourth-order valence-corrected chi connectivity index (χ4v) is 2.84. The van der Waals surface area contributed by atoms with Crippen molar-refractivity contribution < 1.29 is 0 Å². The normalized spacial score (nSPS) is 14.7. The molecule has 1 aliphatic rings. The van der Waals surface area contributed by atoms with Crippen molar-refractivity contribution in [3.8, 4) is 6.07 Å². The Labute approximate surface area is 135 Å². The van der Waals surface area contributed by atoms with Crippen LogP contribution in [0.15, 0.2) is 23.3 Å². The van der Waals surface area contributed by atoms with Crippen molar-refractivity contribution in [2.75, 3.05) is 5.43 Å². The number of fused-ring (bicyclic) bond motifs is 1. The van der Waals surface area contributed by atoms with Crippen LogP contribution in [-0.4, -0.2) is 20.5 Å². The zero-order valence-corrected chi connectivity index (χ0v) is 13.5. The van der Waals surface area contributed by atoms with Gasteiger partial charge in [0.25, 0.3) is 0 Å². The third-order valence-electron chi connectivity index (χ3n) is 4.10. The summed E-state index contributed by atoms with van der Waals surface area (Å²) in [7, 11) is 0. The van der Waals surface area contributed by atoms with E-state index < -0.39 is 0 Å². The van der Waals surface area contributed by atoms with E-state index in [4.69, 9.17) is 0 Å². The van der Waals surface area contributed by atoms with E-state index >= 15 is 0 Å². The van der Waals surface area contributed by atoms with E-state index in [2.05, 4.69) is 32.9 Å². The molecule has 2 aromatic rings. The molecule has 0 fully saturated rings. The monoisotopic (exact) mass is 308 g/mol. The van der Waals surface area contributed by atoms with Gasteiger partial charge in [0.1, 0.15) is 11.9 Å². The topological polar surface area (TPSA) is 78.9 Å². The summed E-state index contributed by atoms with van der Waals surface area (Å²) in [6.07, 6.45) is 4.30. The van der Waals surface area contributed by atoms with Crippen LogP contribution in [0.4, 0.5) is 5.69 Å². The van der Waals surface area contributed by atoms with Crippen molar-refractivity contribution in [1.82, 2.24) is 14.8 Å². The average Bonchev–Trinajstić information content (AvgIpc) is 2.78. The molecule has 0 unspecified atom stereocenters. The summed E-state index contributed by atoms with van der Waals surface area (Å²) in [6, 6.07) is 8.20. The number of benzene rings is 1. The summed E-state index contributed by atoms with van der Waals surface area (Å²) in [5, 5.41) is 22.1. The molecule has 23 heavy (non-hydrogen) atoms. The molecule has 0 radical (unpaired) electrons. The minimum Gasteiger partial charge on any atom is -0.309 e. The molecule has 0 atom stereocenters. The molecule has 2 heterocycles. The van der Waals surface area contributed by atoms with Crippen molar-refractivity contribution in [3.63, 3.8) is 0 Å². The van der Waals surface area contributed by atoms with E-state index in [9.17, 15) is 5.26 Å². The summed E-state index contributed by atoms with van der Waals surface area (Å²) >= 11 is 0. The molecule has 1 aromatic carbocycles. The standard InChI is InChI=1S/C17H20N6/c1-12-7-8-14(13(2)10-12)19-20-15(11-18)17-22-21-16-6-4-3-5-9-23(16)17/h7-8,10,19H,3-6,9H2,1-2H3/b20-15-. The molecule has 118 valence electrons. The average molecular weight is 308 g/mol. The molecule has 0 bridgehead atoms. The van der Waals surface area contributed by atoms with Crippen LogP contribution in [0.25, 0.3) is 0 Å². The maximum Gasteiger partial charge on any atom is 0.205 e. The van der Waals surface area contributed by atoms with E-state index in [1.54, 1.807) is 0 Å². The first-order chi connectivity index (χ1) is 11.2. The van der Waals surface area contributed by atoms with Crippen molar-refractivity contribution in [2.24, 2.45) is 5.10 Å². The number of nitrogens with zero attached hydrogens (tertiary/aromatic N) is 5. The van der Waals surface area contributed by atoms with Crippen LogP contribution in [0.5, 0.6) is 0 Å². The molecule has 0 amide bonds. The molecule has 6 heteroatoms. The zero-order valence-electron chi connectivity index (χ0n) is 13.5. The Morgan fingerprint density at radius 2 is 2.13 bits per heavy atom. The first-order valence-corrected chi connectivity index (χ1v) is 7.92. The Kier molecular flexibility index (Phi) is 4.38. The molecule has 3 rings (SSSR count). The summed E-state index contributed by atoms with van der Waals surface area (Å²) in [4.78, 5) is 0. The van der Waals surface area contributed by atoms with Crippen molar-refractivity contribution in [2.45, 2.75) is 46.1 Å². The van der Waals surface area contributed by atoms with Crippen LogP contribution in [0.3, 0.4) is 0 Å². The number of nitriles is 1. The van der Waals surface area contributed by atoms with Crippen LogP contribution in [0.1, 0.15) is 42.0 Å². The highest BCUT2D eigenvalue weighted by Gasteiger charge is 2.18. The molecule has 6 nitrogen and oxygen atoms in total. The van der Waals surface area contributed by atoms with Crippen LogP contribution in [-0.2, 0) is 13.0 Å². The largest absolute Gasteiger partial charge is 0.309 e. The van der Waals surface area contributed by atoms with Crippen LogP contribution in [0, 0.1) is 25.2 Å². The second-order valence-corrected chi connectivity index (χ2v) is 5.90. The molecular weight excluding hydrogens is 288 g/mol. The predicted molar refractivity (Wildman–Crippen MR) is 89.3 cm³/mol. The summed E-state index contributed by atoms with van der Waals surface area (Å²) in [5.74, 6) is 1.51. The number of rotatable bonds is 3. The third-order valence-corrected chi connectivity index (χ3v) is 4.10. The summed E-state index contributed by atoms with van der Waals surface area (Å²) in [6.45, 7) is 4.91. The highest BCUT2D eigenvalue weighted by atomic mass is 15.3. The Balaban J connectivity index is 1.88. The number of nitrogens with one attached hydrogen (secondary N) is 1. The molecule has 1 aliphatic heterocycles. The third kappa shape index (κ3) is 3.24. The maximum atomic E-state index is 9.46. The van der Waals surface area contributed by atoms with Crippen LogP contribution in [0.2, 0.25) is 0 Å². The molecule has 0 saturated carbocycles. The van der Waals surface area contributed by atoms with Crippen molar-refractivity contribution in [3.05, 3.63) is 41.0 Å². The van der Waals surface area contributed by atoms with E-state index in [0.717, 1.165) is 42.9 Å². The summed E-state index contributed by atoms with van der Waals surface area (Å²) in [5.41, 5.74) is 6.43. The zero-order chi connectivity index (χ0) is 16.2. The fourth-order valence-electron chi connectivity index (χ4n) is 2.84. The maximum absolute atomic E-state index is 9.46. The molecule has 0 saturated heterocycles. The summed E-state index contributed by atoms with van der Waals surface area (Å²) < 4.78 is 2.03. The van der Waals surface area contributed by atoms with Crippen LogP contribution < -0.4 is 5.43 Å². The van der Waals surface area contributed by atoms with Gasteiger partial charge >= 0.3 is 0 Å². The van der Waals surface area contributed by atoms with E-state index in [1.165, 1.54) is 12.0 Å². The number of aryl methyl sites for hydroxylation is 3. The molecule has 1 aromatic heterocycles. The van der Waals surface area contributed by atoms with Crippen molar-refractivity contribution >= 4 is 11.4 Å². The van der Waals surface area contributed by atoms with E-state index in [-0.39, 0.29) is 5.71 Å². The van der Waals surface area contributed by atoms with Gasteiger partial charge in [-0.15, -0.1) is 10.2 Å². The molecule has 1 N–H and O–H groups in total. The number of anilines is 1. The van der Waals surface area contributed by atoms with Gasteiger partial charge in [-0.25, -0.2) is 0 Å². The lowest BCUT2D eigenvalue weighted by Gasteiger charge is -2.07. The molecular formula is C17H20N6. The van der Waals surface area contributed by atoms with Gasteiger partial charge in [-0.1, -0.05) is 24.1 Å². The highest BCUT2D eigenvalue weighted by Crippen LogP contribution is 2.17. The Hall–Kier alpha value is -2.68. The highest BCUT2D eigenvalue weighted by molar-refractivity contribution is 6.09. The second-order valence-electron chi connectivity index (χ2n) is 5.90. The van der Waals surface area contributed by atoms with Gasteiger partial charge in [0.2, 0.25) is 5.71 Å². The minimum absolute atomic E-state index is 0.269. The number of hydrogen-bond acceptors (Lipinski definition) is 5. The quantitative estimate of drug-likeness (QED) is 0.698. The van der Waals surface area contributed by atoms with Crippen LogP contribution >= 0.6 is 0 Å². The molecule has 0 aliphatic carbocycles. The SMILES string of the molecule is Cc1ccc(N/N=C(/C#N)c2nnc3n2CCCCC3)c(C)c1. The van der Waals surface area contributed by atoms with Gasteiger partial charge in [0.05, 0.1) is 5.69 Å². The first-order valence-electron chi connectivity index (χ1n) is 7.92. The van der Waals surface area contributed by atoms with E-state index in [1.807, 2.05) is 30.5 Å². The number of hydrogen-bond donors (Lipinski definition) is 1. The number of hydrazone groups is 1. The van der Waals surface area contributed by atoms with Gasteiger partial charge in [-0.3, -0.25) is 5.43 Å². The second kappa shape index (κ2) is 6.61. The van der Waals surface area contributed by atoms with E-state index in [0.29, 0.717) is 5.82 Å². The molecule has 0 spiro atoms. The Morgan fingerprint density at radius 3 is 2.91 bits per heavy atom. The lowest BCUT2D eigenvalue weighted by Crippen LogP contribution is -2.13.